The van der Waals surface area contributed by atoms with Crippen LogP contribution in [0.2, 0.25) is 0 Å². The third-order valence-corrected chi connectivity index (χ3v) is 4.27. The number of aliphatic carboxylic acids is 1. The number of carbonyl (C=O) groups excluding carboxylic acids is 1. The lowest BCUT2D eigenvalue weighted by Crippen LogP contribution is -2.53. The minimum atomic E-state index is -0.912. The van der Waals surface area contributed by atoms with E-state index in [0.29, 0.717) is 13.0 Å². The summed E-state index contributed by atoms with van der Waals surface area (Å²) in [6, 6.07) is 1.08. The van der Waals surface area contributed by atoms with Crippen molar-refractivity contribution in [2.45, 2.75) is 44.7 Å². The molecule has 2 unspecified atom stereocenters. The van der Waals surface area contributed by atoms with Gasteiger partial charge in [0, 0.05) is 12.6 Å². The van der Waals surface area contributed by atoms with Crippen LogP contribution < -0.4 is 5.32 Å². The second-order valence-corrected chi connectivity index (χ2v) is 6.01. The average molecular weight is 296 g/mol. The molecule has 0 spiro atoms. The number of piperidine rings is 1. The third-order valence-electron chi connectivity index (χ3n) is 3.54. The van der Waals surface area contributed by atoms with Gasteiger partial charge in [-0.05, 0) is 55.0 Å². The molecular formula is C14H20N2O3S. The molecule has 1 fully saturated rings. The number of hydrogen-bond donors (Lipinski definition) is 2. The van der Waals surface area contributed by atoms with Crippen molar-refractivity contribution in [3.8, 4) is 0 Å². The van der Waals surface area contributed by atoms with Crippen molar-refractivity contribution in [1.29, 1.82) is 0 Å². The van der Waals surface area contributed by atoms with E-state index in [-0.39, 0.29) is 12.1 Å². The zero-order chi connectivity index (χ0) is 14.5. The summed E-state index contributed by atoms with van der Waals surface area (Å²) in [6.07, 6.45) is 3.05. The Labute approximate surface area is 122 Å². The van der Waals surface area contributed by atoms with Crippen LogP contribution in [0.15, 0.2) is 16.8 Å². The minimum absolute atomic E-state index is 0.00604. The van der Waals surface area contributed by atoms with Crippen molar-refractivity contribution in [3.63, 3.8) is 0 Å². The molecule has 2 N–H and O–H groups in total. The molecule has 1 aliphatic heterocycles. The average Bonchev–Trinajstić information content (AvgIpc) is 2.91. The van der Waals surface area contributed by atoms with Gasteiger partial charge in [-0.1, -0.05) is 0 Å². The second-order valence-electron chi connectivity index (χ2n) is 5.23. The first-order chi connectivity index (χ1) is 9.58. The molecular weight excluding hydrogens is 276 g/mol. The number of thiophene rings is 1. The van der Waals surface area contributed by atoms with Gasteiger partial charge >= 0.3 is 12.0 Å². The summed E-state index contributed by atoms with van der Waals surface area (Å²) in [7, 11) is 0. The van der Waals surface area contributed by atoms with Gasteiger partial charge in [0.25, 0.3) is 0 Å². The molecule has 1 aromatic rings. The highest BCUT2D eigenvalue weighted by Crippen LogP contribution is 2.17. The van der Waals surface area contributed by atoms with Crippen LogP contribution in [0.25, 0.3) is 0 Å². The van der Waals surface area contributed by atoms with Crippen LogP contribution >= 0.6 is 11.3 Å². The smallest absolute Gasteiger partial charge is 0.326 e. The number of carboxylic acids is 1. The Kier molecular flexibility index (Phi) is 5.00. The van der Waals surface area contributed by atoms with Crippen LogP contribution in [0.1, 0.15) is 31.7 Å². The molecule has 0 radical (unpaired) electrons. The van der Waals surface area contributed by atoms with Crippen molar-refractivity contribution in [1.82, 2.24) is 10.2 Å². The standard InChI is InChI=1S/C14H20N2O3S/c1-10(8-11-5-7-20-9-11)15-14(19)16-6-3-2-4-12(16)13(17)18/h5,7,9-10,12H,2-4,6,8H2,1H3,(H,15,19)(H,17,18). The van der Waals surface area contributed by atoms with Crippen molar-refractivity contribution in [2.75, 3.05) is 6.54 Å². The molecule has 6 heteroatoms. The van der Waals surface area contributed by atoms with Crippen molar-refractivity contribution in [3.05, 3.63) is 22.4 Å². The Morgan fingerprint density at radius 3 is 3.00 bits per heavy atom. The van der Waals surface area contributed by atoms with E-state index in [4.69, 9.17) is 0 Å². The van der Waals surface area contributed by atoms with Gasteiger partial charge in [-0.15, -0.1) is 0 Å². The number of rotatable bonds is 4. The summed E-state index contributed by atoms with van der Waals surface area (Å²) in [5, 5.41) is 16.1. The Morgan fingerprint density at radius 1 is 1.55 bits per heavy atom. The number of amides is 2. The van der Waals surface area contributed by atoms with Gasteiger partial charge in [-0.2, -0.15) is 11.3 Å². The number of carbonyl (C=O) groups is 2. The summed E-state index contributed by atoms with van der Waals surface area (Å²) in [4.78, 5) is 24.9. The fraction of sp³-hybridized carbons (Fsp3) is 0.571. The lowest BCUT2D eigenvalue weighted by atomic mass is 10.0. The van der Waals surface area contributed by atoms with E-state index in [2.05, 4.69) is 10.7 Å². The maximum atomic E-state index is 12.2. The minimum Gasteiger partial charge on any atom is -0.480 e. The summed E-state index contributed by atoms with van der Waals surface area (Å²) in [6.45, 7) is 2.46. The number of nitrogens with zero attached hydrogens (tertiary/aromatic N) is 1. The summed E-state index contributed by atoms with van der Waals surface area (Å²) >= 11 is 1.63. The largest absolute Gasteiger partial charge is 0.480 e. The highest BCUT2D eigenvalue weighted by atomic mass is 32.1. The first-order valence-corrected chi connectivity index (χ1v) is 7.83. The zero-order valence-electron chi connectivity index (χ0n) is 11.5. The maximum absolute atomic E-state index is 12.2. The molecule has 0 saturated carbocycles. The predicted molar refractivity (Wildman–Crippen MR) is 78.0 cm³/mol. The highest BCUT2D eigenvalue weighted by molar-refractivity contribution is 7.07. The molecule has 1 saturated heterocycles. The quantitative estimate of drug-likeness (QED) is 0.896. The molecule has 0 bridgehead atoms. The molecule has 2 heterocycles. The lowest BCUT2D eigenvalue weighted by molar-refractivity contribution is -0.143. The molecule has 0 aromatic carbocycles. The monoisotopic (exact) mass is 296 g/mol. The SMILES string of the molecule is CC(Cc1ccsc1)NC(=O)N1CCCCC1C(=O)O. The Bertz CT molecular complexity index is 461. The van der Waals surface area contributed by atoms with E-state index in [1.807, 2.05) is 18.4 Å². The first kappa shape index (κ1) is 14.8. The van der Waals surface area contributed by atoms with Crippen LogP contribution in [-0.2, 0) is 11.2 Å². The van der Waals surface area contributed by atoms with E-state index >= 15 is 0 Å². The number of likely N-dealkylation sites (tertiary alicyclic amines) is 1. The normalized spacial score (nSPS) is 20.4. The van der Waals surface area contributed by atoms with Gasteiger partial charge in [0.15, 0.2) is 0 Å². The third kappa shape index (κ3) is 3.72. The van der Waals surface area contributed by atoms with E-state index < -0.39 is 12.0 Å². The topological polar surface area (TPSA) is 69.6 Å². The fourth-order valence-electron chi connectivity index (χ4n) is 2.54. The Morgan fingerprint density at radius 2 is 2.35 bits per heavy atom. The summed E-state index contributed by atoms with van der Waals surface area (Å²) in [5.41, 5.74) is 1.19. The van der Waals surface area contributed by atoms with E-state index in [1.165, 1.54) is 10.5 Å². The fourth-order valence-corrected chi connectivity index (χ4v) is 3.22. The van der Waals surface area contributed by atoms with Gasteiger partial charge in [-0.25, -0.2) is 9.59 Å². The molecule has 2 amide bonds. The maximum Gasteiger partial charge on any atom is 0.326 e. The Hall–Kier alpha value is -1.56. The van der Waals surface area contributed by atoms with Crippen LogP contribution in [0.5, 0.6) is 0 Å². The van der Waals surface area contributed by atoms with Crippen LogP contribution in [0, 0.1) is 0 Å². The van der Waals surface area contributed by atoms with Crippen molar-refractivity contribution < 1.29 is 14.7 Å². The molecule has 1 aromatic heterocycles. The second kappa shape index (κ2) is 6.74. The van der Waals surface area contributed by atoms with Crippen LogP contribution in [0.4, 0.5) is 4.79 Å². The van der Waals surface area contributed by atoms with Gasteiger partial charge in [0.1, 0.15) is 6.04 Å². The van der Waals surface area contributed by atoms with E-state index in [9.17, 15) is 14.7 Å². The van der Waals surface area contributed by atoms with Gasteiger partial charge in [0.05, 0.1) is 0 Å². The Balaban J connectivity index is 1.90. The number of hydrogen-bond acceptors (Lipinski definition) is 3. The zero-order valence-corrected chi connectivity index (χ0v) is 12.4. The number of urea groups is 1. The lowest BCUT2D eigenvalue weighted by Gasteiger charge is -2.33. The first-order valence-electron chi connectivity index (χ1n) is 6.89. The molecule has 5 nitrogen and oxygen atoms in total. The van der Waals surface area contributed by atoms with Gasteiger partial charge in [-0.3, -0.25) is 0 Å². The summed E-state index contributed by atoms with van der Waals surface area (Å²) < 4.78 is 0. The molecule has 1 aliphatic rings. The van der Waals surface area contributed by atoms with Gasteiger partial charge in [0.2, 0.25) is 0 Å². The number of nitrogens with one attached hydrogen (secondary N) is 1. The highest BCUT2D eigenvalue weighted by Gasteiger charge is 2.32. The summed E-state index contributed by atoms with van der Waals surface area (Å²) in [5.74, 6) is -0.912. The predicted octanol–water partition coefficient (Wildman–Crippen LogP) is 2.33. The van der Waals surface area contributed by atoms with Crippen molar-refractivity contribution in [2.24, 2.45) is 0 Å². The van der Waals surface area contributed by atoms with E-state index in [1.54, 1.807) is 11.3 Å². The molecule has 2 rings (SSSR count). The molecule has 2 atom stereocenters. The molecule has 0 aliphatic carbocycles. The van der Waals surface area contributed by atoms with E-state index in [0.717, 1.165) is 19.3 Å². The van der Waals surface area contributed by atoms with Crippen LogP contribution in [-0.4, -0.2) is 40.6 Å². The van der Waals surface area contributed by atoms with Crippen molar-refractivity contribution >= 4 is 23.3 Å². The molecule has 20 heavy (non-hydrogen) atoms. The van der Waals surface area contributed by atoms with Gasteiger partial charge < -0.3 is 15.3 Å². The molecule has 110 valence electrons. The van der Waals surface area contributed by atoms with Crippen LogP contribution in [0.3, 0.4) is 0 Å². The number of carboxylic acid groups (broad SMARTS) is 1.